The van der Waals surface area contributed by atoms with E-state index in [2.05, 4.69) is 15.3 Å². The highest BCUT2D eigenvalue weighted by Crippen LogP contribution is 2.20. The van der Waals surface area contributed by atoms with Crippen molar-refractivity contribution in [2.45, 2.75) is 26.9 Å². The fourth-order valence-electron chi connectivity index (χ4n) is 3.56. The number of hydrogen-bond acceptors (Lipinski definition) is 4. The zero-order valence-electron chi connectivity index (χ0n) is 18.7. The van der Waals surface area contributed by atoms with Crippen molar-refractivity contribution in [3.63, 3.8) is 0 Å². The third kappa shape index (κ3) is 5.57. The van der Waals surface area contributed by atoms with Gasteiger partial charge in [0, 0.05) is 41.1 Å². The Morgan fingerprint density at radius 2 is 1.91 bits per heavy atom. The van der Waals surface area contributed by atoms with E-state index in [9.17, 15) is 9.59 Å². The molecule has 0 saturated carbocycles. The second-order valence-corrected chi connectivity index (χ2v) is 7.82. The van der Waals surface area contributed by atoms with Crippen molar-refractivity contribution in [3.05, 3.63) is 100 Å². The van der Waals surface area contributed by atoms with Gasteiger partial charge in [-0.1, -0.05) is 23.8 Å². The van der Waals surface area contributed by atoms with Gasteiger partial charge in [0.05, 0.1) is 13.2 Å². The highest BCUT2D eigenvalue weighted by molar-refractivity contribution is 5.89. The molecule has 0 aliphatic carbocycles. The van der Waals surface area contributed by atoms with Crippen LogP contribution in [0.2, 0.25) is 0 Å². The van der Waals surface area contributed by atoms with E-state index in [1.165, 1.54) is 0 Å². The van der Waals surface area contributed by atoms with Crippen LogP contribution in [-0.4, -0.2) is 27.5 Å². The van der Waals surface area contributed by atoms with Gasteiger partial charge >= 0.3 is 6.03 Å². The molecular formula is C26H26N4O3. The van der Waals surface area contributed by atoms with Crippen LogP contribution in [0.4, 0.5) is 10.5 Å². The standard InChI is InChI=1S/C26H26N4O3/c1-3-33-23-10-11-24-20(14-23)13-21(25(31)29-24)17-30(16-19-5-4-12-27-15-19)26(32)28-22-8-6-18(2)7-9-22/h4-15H,3,16-17H2,1-2H3,(H,28,32)(H,29,31). The first-order chi connectivity index (χ1) is 16.0. The summed E-state index contributed by atoms with van der Waals surface area (Å²) in [4.78, 5) is 34.6. The number of H-pyrrole nitrogens is 1. The van der Waals surface area contributed by atoms with E-state index in [1.54, 1.807) is 17.3 Å². The number of nitrogens with one attached hydrogen (secondary N) is 2. The van der Waals surface area contributed by atoms with Crippen molar-refractivity contribution in [2.75, 3.05) is 11.9 Å². The Balaban J connectivity index is 1.64. The number of urea groups is 1. The zero-order chi connectivity index (χ0) is 23.2. The SMILES string of the molecule is CCOc1ccc2[nH]c(=O)c(CN(Cc3cccnc3)C(=O)Nc3ccc(C)cc3)cc2c1. The number of pyridine rings is 2. The Morgan fingerprint density at radius 1 is 1.09 bits per heavy atom. The van der Waals surface area contributed by atoms with Gasteiger partial charge in [-0.05, 0) is 61.9 Å². The molecular weight excluding hydrogens is 416 g/mol. The summed E-state index contributed by atoms with van der Waals surface area (Å²) < 4.78 is 5.58. The lowest BCUT2D eigenvalue weighted by Gasteiger charge is -2.23. The maximum atomic E-state index is 13.2. The summed E-state index contributed by atoms with van der Waals surface area (Å²) in [5.74, 6) is 0.729. The van der Waals surface area contributed by atoms with E-state index >= 15 is 0 Å². The van der Waals surface area contributed by atoms with Crippen LogP contribution < -0.4 is 15.6 Å². The number of aromatic nitrogens is 2. The smallest absolute Gasteiger partial charge is 0.322 e. The molecule has 7 nitrogen and oxygen atoms in total. The largest absolute Gasteiger partial charge is 0.494 e. The molecule has 4 aromatic rings. The lowest BCUT2D eigenvalue weighted by atomic mass is 10.1. The molecule has 0 bridgehead atoms. The third-order valence-electron chi connectivity index (χ3n) is 5.25. The molecule has 2 heterocycles. The highest BCUT2D eigenvalue weighted by Gasteiger charge is 2.17. The number of anilines is 1. The first kappa shape index (κ1) is 22.1. The molecule has 0 spiro atoms. The molecule has 2 amide bonds. The van der Waals surface area contributed by atoms with Gasteiger partial charge in [-0.15, -0.1) is 0 Å². The Labute approximate surface area is 192 Å². The predicted molar refractivity (Wildman–Crippen MR) is 129 cm³/mol. The molecule has 168 valence electrons. The minimum Gasteiger partial charge on any atom is -0.494 e. The number of hydrogen-bond donors (Lipinski definition) is 2. The van der Waals surface area contributed by atoms with Crippen molar-refractivity contribution in [2.24, 2.45) is 0 Å². The summed E-state index contributed by atoms with van der Waals surface area (Å²) in [6.45, 7) is 4.91. The number of ether oxygens (including phenoxy) is 1. The molecule has 0 unspecified atom stereocenters. The lowest BCUT2D eigenvalue weighted by Crippen LogP contribution is -2.35. The van der Waals surface area contributed by atoms with E-state index in [-0.39, 0.29) is 18.1 Å². The van der Waals surface area contributed by atoms with Crippen LogP contribution in [0.5, 0.6) is 5.75 Å². The van der Waals surface area contributed by atoms with Gasteiger partial charge in [0.15, 0.2) is 0 Å². The minimum absolute atomic E-state index is 0.136. The molecule has 33 heavy (non-hydrogen) atoms. The van der Waals surface area contributed by atoms with Gasteiger partial charge < -0.3 is 19.9 Å². The van der Waals surface area contributed by atoms with Crippen LogP contribution in [0.1, 0.15) is 23.6 Å². The van der Waals surface area contributed by atoms with E-state index in [0.717, 1.165) is 27.8 Å². The number of rotatable bonds is 7. The maximum Gasteiger partial charge on any atom is 0.322 e. The van der Waals surface area contributed by atoms with Gasteiger partial charge in [0.1, 0.15) is 5.75 Å². The molecule has 0 saturated heterocycles. The van der Waals surface area contributed by atoms with E-state index in [0.29, 0.717) is 24.4 Å². The van der Waals surface area contributed by atoms with Crippen LogP contribution in [-0.2, 0) is 13.1 Å². The van der Waals surface area contributed by atoms with Crippen molar-refractivity contribution < 1.29 is 9.53 Å². The third-order valence-corrected chi connectivity index (χ3v) is 5.25. The summed E-state index contributed by atoms with van der Waals surface area (Å²) in [6, 6.07) is 18.3. The average Bonchev–Trinajstić information content (AvgIpc) is 2.81. The Kier molecular flexibility index (Phi) is 6.69. The maximum absolute atomic E-state index is 13.2. The summed E-state index contributed by atoms with van der Waals surface area (Å²) in [6.07, 6.45) is 3.40. The second kappa shape index (κ2) is 9.99. The summed E-state index contributed by atoms with van der Waals surface area (Å²) in [5.41, 5.74) is 3.64. The fraction of sp³-hybridized carbons (Fsp3) is 0.192. The van der Waals surface area contributed by atoms with Crippen molar-refractivity contribution in [1.82, 2.24) is 14.9 Å². The van der Waals surface area contributed by atoms with Crippen LogP contribution >= 0.6 is 0 Å². The number of amides is 2. The van der Waals surface area contributed by atoms with Gasteiger partial charge in [-0.3, -0.25) is 9.78 Å². The molecule has 7 heteroatoms. The van der Waals surface area contributed by atoms with E-state index < -0.39 is 0 Å². The minimum atomic E-state index is -0.301. The quantitative estimate of drug-likeness (QED) is 0.428. The monoisotopic (exact) mass is 442 g/mol. The number of benzene rings is 2. The summed E-state index contributed by atoms with van der Waals surface area (Å²) in [7, 11) is 0. The second-order valence-electron chi connectivity index (χ2n) is 7.82. The molecule has 0 atom stereocenters. The summed E-state index contributed by atoms with van der Waals surface area (Å²) >= 11 is 0. The molecule has 2 aromatic carbocycles. The van der Waals surface area contributed by atoms with Crippen molar-refractivity contribution in [3.8, 4) is 5.75 Å². The predicted octanol–water partition coefficient (Wildman–Crippen LogP) is 4.86. The van der Waals surface area contributed by atoms with Crippen LogP contribution in [0.3, 0.4) is 0 Å². The first-order valence-corrected chi connectivity index (χ1v) is 10.8. The Bertz CT molecular complexity index is 1300. The number of fused-ring (bicyclic) bond motifs is 1. The molecule has 4 rings (SSSR count). The van der Waals surface area contributed by atoms with Gasteiger partial charge in [-0.25, -0.2) is 4.79 Å². The molecule has 0 aliphatic heterocycles. The molecule has 2 N–H and O–H groups in total. The van der Waals surface area contributed by atoms with Crippen molar-refractivity contribution >= 4 is 22.6 Å². The van der Waals surface area contributed by atoms with E-state index in [1.807, 2.05) is 74.5 Å². The summed E-state index contributed by atoms with van der Waals surface area (Å²) in [5, 5.41) is 3.77. The molecule has 2 aromatic heterocycles. The topological polar surface area (TPSA) is 87.3 Å². The molecule has 0 aliphatic rings. The molecule has 0 fully saturated rings. The lowest BCUT2D eigenvalue weighted by molar-refractivity contribution is 0.206. The van der Waals surface area contributed by atoms with Crippen LogP contribution in [0.25, 0.3) is 10.9 Å². The van der Waals surface area contributed by atoms with Gasteiger partial charge in [0.2, 0.25) is 0 Å². The number of aromatic amines is 1. The number of nitrogens with zero attached hydrogens (tertiary/aromatic N) is 2. The van der Waals surface area contributed by atoms with Crippen LogP contribution in [0.15, 0.2) is 77.9 Å². The number of carbonyl (C=O) groups is 1. The Morgan fingerprint density at radius 3 is 2.64 bits per heavy atom. The average molecular weight is 443 g/mol. The Hall–Kier alpha value is -4.13. The van der Waals surface area contributed by atoms with Crippen molar-refractivity contribution in [1.29, 1.82) is 0 Å². The number of aryl methyl sites for hydroxylation is 1. The van der Waals surface area contributed by atoms with E-state index in [4.69, 9.17) is 4.74 Å². The zero-order valence-corrected chi connectivity index (χ0v) is 18.7. The fourth-order valence-corrected chi connectivity index (χ4v) is 3.56. The van der Waals surface area contributed by atoms with Crippen LogP contribution in [0, 0.1) is 6.92 Å². The highest BCUT2D eigenvalue weighted by atomic mass is 16.5. The van der Waals surface area contributed by atoms with Gasteiger partial charge in [0.25, 0.3) is 5.56 Å². The van der Waals surface area contributed by atoms with Gasteiger partial charge in [-0.2, -0.15) is 0 Å². The normalized spacial score (nSPS) is 10.7. The molecule has 0 radical (unpaired) electrons. The number of carbonyl (C=O) groups excluding carboxylic acids is 1. The first-order valence-electron chi connectivity index (χ1n) is 10.8.